The van der Waals surface area contributed by atoms with Gasteiger partial charge in [-0.1, -0.05) is 0 Å². The smallest absolute Gasteiger partial charge is 0.822 e. The first-order valence-electron chi connectivity index (χ1n) is 0.730. The van der Waals surface area contributed by atoms with Crippen LogP contribution < -0.4 is 52.4 Å². The summed E-state index contributed by atoms with van der Waals surface area (Å²) in [6.07, 6.45) is 0. The largest absolute Gasteiger partial charge is 1.00 e. The molecule has 0 aromatic rings. The number of hydrogen-bond donors (Lipinski definition) is 0. The third kappa shape index (κ3) is 121. The molecule has 0 aliphatic rings. The molecule has 0 heterocycles. The molecular formula is Li2O4P-. The van der Waals surface area contributed by atoms with Gasteiger partial charge in [0.15, 0.2) is 0 Å². The molecule has 0 saturated carbocycles. The molecule has 7 heavy (non-hydrogen) atoms. The maximum atomic E-state index is 8.55. The van der Waals surface area contributed by atoms with Crippen molar-refractivity contribution in [3.05, 3.63) is 0 Å². The summed E-state index contributed by atoms with van der Waals surface area (Å²) in [5, 5.41) is 0. The molecule has 32 valence electrons. The predicted molar refractivity (Wildman–Crippen MR) is 7.61 cm³/mol. The maximum absolute atomic E-state index is 8.55. The van der Waals surface area contributed by atoms with Crippen molar-refractivity contribution in [2.45, 2.75) is 0 Å². The molecular weight excluding hydrogens is 109 g/mol. The van der Waals surface area contributed by atoms with Gasteiger partial charge in [0.2, 0.25) is 0 Å². The van der Waals surface area contributed by atoms with Crippen LogP contribution in [0.15, 0.2) is 0 Å². The van der Waals surface area contributed by atoms with Gasteiger partial charge in [0, 0.05) is 0 Å². The molecule has 0 aliphatic heterocycles. The van der Waals surface area contributed by atoms with Crippen molar-refractivity contribution in [2.24, 2.45) is 0 Å². The van der Waals surface area contributed by atoms with Crippen LogP contribution in [0.25, 0.3) is 0 Å². The standard InChI is InChI=1S/2Li.H3O4P/c;;1-5(2,3)4/h;;(H3,1,2,3,4)/q2*+1;/p-3. The molecule has 0 atom stereocenters. The van der Waals surface area contributed by atoms with Crippen molar-refractivity contribution < 1.29 is 57.0 Å². The number of phosphoric acid groups is 1. The van der Waals surface area contributed by atoms with Gasteiger partial charge in [-0.15, -0.1) is 0 Å². The molecule has 0 amide bonds. The van der Waals surface area contributed by atoms with Gasteiger partial charge in [-0.25, -0.2) is 0 Å². The van der Waals surface area contributed by atoms with E-state index < -0.39 is 7.82 Å². The van der Waals surface area contributed by atoms with Crippen LogP contribution in [0.2, 0.25) is 0 Å². The second-order valence-corrected chi connectivity index (χ2v) is 1.34. The summed E-state index contributed by atoms with van der Waals surface area (Å²) in [6, 6.07) is 0. The van der Waals surface area contributed by atoms with Crippen LogP contribution in [0.1, 0.15) is 0 Å². The van der Waals surface area contributed by atoms with Crippen molar-refractivity contribution in [2.75, 3.05) is 0 Å². The van der Waals surface area contributed by atoms with E-state index in [1.54, 1.807) is 0 Å². The Bertz CT molecular complexity index is 55.8. The molecule has 0 unspecified atom stereocenters. The van der Waals surface area contributed by atoms with Crippen molar-refractivity contribution in [1.29, 1.82) is 0 Å². The van der Waals surface area contributed by atoms with Crippen molar-refractivity contribution in [1.82, 2.24) is 0 Å². The number of hydrogen-bond acceptors (Lipinski definition) is 4. The Labute approximate surface area is 64.9 Å². The van der Waals surface area contributed by atoms with Crippen LogP contribution in [0.5, 0.6) is 0 Å². The summed E-state index contributed by atoms with van der Waals surface area (Å²) in [5.41, 5.74) is 0. The monoisotopic (exact) mass is 109 g/mol. The zero-order valence-electron chi connectivity index (χ0n) is 4.08. The van der Waals surface area contributed by atoms with Crippen LogP contribution in [-0.4, -0.2) is 0 Å². The van der Waals surface area contributed by atoms with Gasteiger partial charge in [0.1, 0.15) is 0 Å². The molecule has 0 aliphatic carbocycles. The fraction of sp³-hybridized carbons (Fsp3) is 0. The third-order valence-electron chi connectivity index (χ3n) is 0. The van der Waals surface area contributed by atoms with E-state index in [0.717, 1.165) is 0 Å². The third-order valence-corrected chi connectivity index (χ3v) is 0. The van der Waals surface area contributed by atoms with Crippen LogP contribution >= 0.6 is 7.82 Å². The average molecular weight is 109 g/mol. The van der Waals surface area contributed by atoms with Crippen molar-refractivity contribution >= 4 is 7.82 Å². The molecule has 4 nitrogen and oxygen atoms in total. The minimum atomic E-state index is -5.39. The van der Waals surface area contributed by atoms with E-state index in [-0.39, 0.29) is 37.7 Å². The van der Waals surface area contributed by atoms with E-state index in [4.69, 9.17) is 19.2 Å². The van der Waals surface area contributed by atoms with E-state index in [0.29, 0.717) is 0 Å². The molecule has 0 spiro atoms. The maximum Gasteiger partial charge on any atom is 1.00 e. The number of rotatable bonds is 0. The zero-order valence-corrected chi connectivity index (χ0v) is 4.97. The average Bonchev–Trinajstić information content (AvgIpc) is 0.722. The van der Waals surface area contributed by atoms with E-state index in [1.165, 1.54) is 0 Å². The SMILES string of the molecule is O=P([O-])([O-])[O-].[Li+].[Li+]. The molecule has 0 radical (unpaired) electrons. The summed E-state index contributed by atoms with van der Waals surface area (Å²) in [7, 11) is -5.39. The Morgan fingerprint density at radius 1 is 1.00 bits per heavy atom. The first-order valence-corrected chi connectivity index (χ1v) is 2.19. The molecule has 0 N–H and O–H groups in total. The minimum Gasteiger partial charge on any atom is -0.822 e. The fourth-order valence-corrected chi connectivity index (χ4v) is 0. The Morgan fingerprint density at radius 2 is 1.00 bits per heavy atom. The van der Waals surface area contributed by atoms with Crippen LogP contribution in [0, 0.1) is 0 Å². The van der Waals surface area contributed by atoms with Crippen LogP contribution in [0.3, 0.4) is 0 Å². The Morgan fingerprint density at radius 3 is 1.00 bits per heavy atom. The van der Waals surface area contributed by atoms with Crippen molar-refractivity contribution in [3.63, 3.8) is 0 Å². The second kappa shape index (κ2) is 5.44. The van der Waals surface area contributed by atoms with E-state index in [9.17, 15) is 0 Å². The van der Waals surface area contributed by atoms with Gasteiger partial charge in [-0.05, 0) is 0 Å². The fourth-order valence-electron chi connectivity index (χ4n) is 0. The van der Waals surface area contributed by atoms with E-state index in [1.807, 2.05) is 0 Å². The summed E-state index contributed by atoms with van der Waals surface area (Å²) in [5.74, 6) is 0. The Kier molecular flexibility index (Phi) is 12.2. The topological polar surface area (TPSA) is 86.2 Å². The van der Waals surface area contributed by atoms with Gasteiger partial charge in [0.05, 0.1) is 0 Å². The summed E-state index contributed by atoms with van der Waals surface area (Å²) < 4.78 is 8.55. The quantitative estimate of drug-likeness (QED) is 0.228. The van der Waals surface area contributed by atoms with Gasteiger partial charge >= 0.3 is 37.7 Å². The second-order valence-electron chi connectivity index (χ2n) is 0.447. The van der Waals surface area contributed by atoms with Crippen LogP contribution in [0.4, 0.5) is 0 Å². The van der Waals surface area contributed by atoms with E-state index in [2.05, 4.69) is 0 Å². The molecule has 7 heteroatoms. The zero-order chi connectivity index (χ0) is 4.50. The summed E-state index contributed by atoms with van der Waals surface area (Å²) >= 11 is 0. The molecule has 0 aromatic heterocycles. The van der Waals surface area contributed by atoms with Gasteiger partial charge in [-0.2, -0.15) is 7.82 Å². The van der Waals surface area contributed by atoms with Gasteiger partial charge in [0.25, 0.3) is 0 Å². The molecule has 0 aromatic carbocycles. The first-order chi connectivity index (χ1) is 2.00. The Hall–Kier alpha value is 1.30. The normalized spacial score (nSPS) is 8.43. The molecule has 0 rings (SSSR count). The van der Waals surface area contributed by atoms with Gasteiger partial charge in [-0.3, -0.25) is 0 Å². The first kappa shape index (κ1) is 15.7. The predicted octanol–water partition coefficient (Wildman–Crippen LogP) is -8.82. The summed E-state index contributed by atoms with van der Waals surface area (Å²) in [6.45, 7) is 0. The van der Waals surface area contributed by atoms with Crippen LogP contribution in [-0.2, 0) is 4.57 Å². The molecule has 0 saturated heterocycles. The molecule has 0 fully saturated rings. The van der Waals surface area contributed by atoms with Crippen molar-refractivity contribution in [3.8, 4) is 0 Å². The van der Waals surface area contributed by atoms with Gasteiger partial charge < -0.3 is 19.2 Å². The molecule has 0 bridgehead atoms. The van der Waals surface area contributed by atoms with E-state index >= 15 is 0 Å². The Balaban J connectivity index is -0.0000000800. The minimum absolute atomic E-state index is 0. The summed E-state index contributed by atoms with van der Waals surface area (Å²) in [4.78, 5) is 25.6.